The predicted octanol–water partition coefficient (Wildman–Crippen LogP) is 3.63. The smallest absolute Gasteiger partial charge is 0.305 e. The first-order valence-corrected chi connectivity index (χ1v) is 12.2. The number of fused-ring (bicyclic) bond motifs is 1. The quantitative estimate of drug-likeness (QED) is 0.458. The zero-order valence-electron chi connectivity index (χ0n) is 19.8. The van der Waals surface area contributed by atoms with Gasteiger partial charge in [0.05, 0.1) is 13.2 Å². The lowest BCUT2D eigenvalue weighted by atomic mass is 10.0. The van der Waals surface area contributed by atoms with E-state index < -0.39 is 6.10 Å². The number of piperidine rings is 1. The van der Waals surface area contributed by atoms with E-state index in [9.17, 15) is 9.90 Å². The molecule has 3 heterocycles. The molecule has 8 nitrogen and oxygen atoms in total. The van der Waals surface area contributed by atoms with Crippen LogP contribution in [0.2, 0.25) is 0 Å². The maximum atomic E-state index is 11.5. The molecule has 2 fully saturated rings. The van der Waals surface area contributed by atoms with Crippen LogP contribution in [0.25, 0.3) is 11.3 Å². The Morgan fingerprint density at radius 3 is 2.74 bits per heavy atom. The number of hydrogen-bond donors (Lipinski definition) is 1. The average Bonchev–Trinajstić information content (AvgIpc) is 3.28. The van der Waals surface area contributed by atoms with Gasteiger partial charge in [-0.1, -0.05) is 29.4 Å². The van der Waals surface area contributed by atoms with Crippen LogP contribution in [0, 0.1) is 11.8 Å². The summed E-state index contributed by atoms with van der Waals surface area (Å²) in [6.45, 7) is 7.72. The summed E-state index contributed by atoms with van der Waals surface area (Å²) < 4.78 is 12.5. The highest BCUT2D eigenvalue weighted by atomic mass is 16.5. The number of nitrogens with zero attached hydrogens (tertiary/aromatic N) is 4. The number of rotatable bonds is 10. The maximum absolute atomic E-state index is 11.5. The van der Waals surface area contributed by atoms with Crippen LogP contribution in [-0.2, 0) is 16.1 Å². The highest BCUT2D eigenvalue weighted by Crippen LogP contribution is 2.58. The van der Waals surface area contributed by atoms with Crippen molar-refractivity contribution in [2.24, 2.45) is 11.8 Å². The number of benzene rings is 1. The van der Waals surface area contributed by atoms with E-state index in [4.69, 9.17) is 9.26 Å². The Balaban J connectivity index is 1.13. The summed E-state index contributed by atoms with van der Waals surface area (Å²) in [5.41, 5.74) is 3.19. The number of ether oxygens (including phenoxy) is 1. The minimum atomic E-state index is -0.632. The molecule has 4 atom stereocenters. The van der Waals surface area contributed by atoms with Crippen LogP contribution in [0.3, 0.4) is 0 Å². The third kappa shape index (κ3) is 4.79. The van der Waals surface area contributed by atoms with Gasteiger partial charge in [-0.15, -0.1) is 0 Å². The summed E-state index contributed by atoms with van der Waals surface area (Å²) in [7, 11) is 0. The number of carbonyl (C=O) groups is 1. The molecule has 5 rings (SSSR count). The van der Waals surface area contributed by atoms with Crippen molar-refractivity contribution in [1.82, 2.24) is 19.6 Å². The second kappa shape index (κ2) is 9.72. The molecule has 1 aliphatic carbocycles. The normalized spacial score (nSPS) is 22.5. The van der Waals surface area contributed by atoms with Gasteiger partial charge in [0.2, 0.25) is 0 Å². The zero-order chi connectivity index (χ0) is 23.7. The molecule has 1 aliphatic heterocycles. The highest BCUT2D eigenvalue weighted by molar-refractivity contribution is 5.69. The summed E-state index contributed by atoms with van der Waals surface area (Å²) in [5, 5.41) is 14.0. The van der Waals surface area contributed by atoms with E-state index in [-0.39, 0.29) is 5.97 Å². The second-order valence-electron chi connectivity index (χ2n) is 9.42. The topological polar surface area (TPSA) is 93.6 Å². The molecule has 1 aromatic carbocycles. The number of hydrogen-bond acceptors (Lipinski definition) is 7. The molecule has 2 aromatic heterocycles. The molecule has 0 bridgehead atoms. The lowest BCUT2D eigenvalue weighted by molar-refractivity contribution is -0.143. The number of carbonyl (C=O) groups excluding carboxylic acids is 1. The first-order valence-electron chi connectivity index (χ1n) is 12.2. The van der Waals surface area contributed by atoms with Crippen LogP contribution in [0.5, 0.6) is 0 Å². The van der Waals surface area contributed by atoms with Gasteiger partial charge in [-0.05, 0) is 50.1 Å². The molecule has 1 saturated carbocycles. The fourth-order valence-electron chi connectivity index (χ4n) is 5.36. The van der Waals surface area contributed by atoms with Gasteiger partial charge in [0, 0.05) is 43.5 Å². The van der Waals surface area contributed by atoms with Gasteiger partial charge in [-0.3, -0.25) is 4.79 Å². The number of aromatic nitrogens is 3. The molecule has 2 aliphatic rings. The molecule has 1 unspecified atom stereocenters. The van der Waals surface area contributed by atoms with Crippen molar-refractivity contribution in [3.05, 3.63) is 59.8 Å². The molecule has 34 heavy (non-hydrogen) atoms. The van der Waals surface area contributed by atoms with Crippen LogP contribution < -0.4 is 0 Å². The largest absolute Gasteiger partial charge is 0.466 e. The lowest BCUT2D eigenvalue weighted by Crippen LogP contribution is -2.26. The maximum Gasteiger partial charge on any atom is 0.305 e. The predicted molar refractivity (Wildman–Crippen MR) is 126 cm³/mol. The molecule has 0 spiro atoms. The lowest BCUT2D eigenvalue weighted by Gasteiger charge is -2.19. The Morgan fingerprint density at radius 2 is 2.03 bits per heavy atom. The minimum Gasteiger partial charge on any atom is -0.466 e. The van der Waals surface area contributed by atoms with Gasteiger partial charge >= 0.3 is 5.97 Å². The Morgan fingerprint density at radius 1 is 1.26 bits per heavy atom. The number of likely N-dealkylation sites (tertiary alicyclic amines) is 1. The highest BCUT2D eigenvalue weighted by Gasteiger charge is 2.55. The average molecular weight is 465 g/mol. The standard InChI is InChI=1S/C26H32N4O4/c1-3-33-24(32)5-4-11-29-15-21-22(16-29)25(21)19-8-6-18(7-9-19)23-13-20(28-34-23)14-30-12-10-27-26(30)17(2)31/h6-10,12-13,17,21-22,25,31H,3-5,11,14-16H2,1-2H3/t17-,21-,22+,25?/m0/s1. The van der Waals surface area contributed by atoms with Gasteiger partial charge < -0.3 is 23.8 Å². The van der Waals surface area contributed by atoms with Crippen molar-refractivity contribution >= 4 is 5.97 Å². The van der Waals surface area contributed by atoms with Crippen molar-refractivity contribution < 1.29 is 19.2 Å². The number of aliphatic hydroxyl groups excluding tert-OH is 1. The molecule has 8 heteroatoms. The Bertz CT molecular complexity index is 1110. The minimum absolute atomic E-state index is 0.0880. The van der Waals surface area contributed by atoms with Gasteiger partial charge in [-0.2, -0.15) is 0 Å². The molecule has 180 valence electrons. The van der Waals surface area contributed by atoms with Crippen LogP contribution in [0.4, 0.5) is 0 Å². The first-order chi connectivity index (χ1) is 16.5. The molecule has 0 amide bonds. The van der Waals surface area contributed by atoms with Crippen LogP contribution in [-0.4, -0.2) is 56.9 Å². The monoisotopic (exact) mass is 464 g/mol. The SMILES string of the molecule is CCOC(=O)CCCN1C[C@@H]2C(c3ccc(-c4cc(Cn5ccnc5[C@H](C)O)no4)cc3)[C@@H]2C1. The number of aliphatic hydroxyl groups is 1. The van der Waals surface area contributed by atoms with E-state index in [1.54, 1.807) is 13.1 Å². The van der Waals surface area contributed by atoms with E-state index in [0.29, 0.717) is 31.3 Å². The van der Waals surface area contributed by atoms with E-state index in [2.05, 4.69) is 39.3 Å². The van der Waals surface area contributed by atoms with Crippen molar-refractivity contribution in [2.45, 2.75) is 45.3 Å². The third-order valence-electron chi connectivity index (χ3n) is 7.02. The summed E-state index contributed by atoms with van der Waals surface area (Å²) in [6, 6.07) is 10.6. The second-order valence-corrected chi connectivity index (χ2v) is 9.42. The van der Waals surface area contributed by atoms with E-state index >= 15 is 0 Å². The van der Waals surface area contributed by atoms with Gasteiger partial charge in [0.15, 0.2) is 5.76 Å². The first kappa shape index (κ1) is 22.8. The summed E-state index contributed by atoms with van der Waals surface area (Å²) in [4.78, 5) is 18.2. The Kier molecular flexibility index (Phi) is 6.52. The summed E-state index contributed by atoms with van der Waals surface area (Å²) in [5.74, 6) is 3.36. The number of imidazole rings is 1. The fourth-order valence-corrected chi connectivity index (χ4v) is 5.36. The molecule has 0 radical (unpaired) electrons. The van der Waals surface area contributed by atoms with Gasteiger partial charge in [0.25, 0.3) is 0 Å². The molecule has 3 aromatic rings. The summed E-state index contributed by atoms with van der Waals surface area (Å²) in [6.07, 6.45) is 4.26. The molecular formula is C26H32N4O4. The Labute approximate surface area is 199 Å². The fraction of sp³-hybridized carbons (Fsp3) is 0.500. The van der Waals surface area contributed by atoms with Crippen molar-refractivity contribution in [3.8, 4) is 11.3 Å². The van der Waals surface area contributed by atoms with E-state index in [1.165, 1.54) is 5.56 Å². The zero-order valence-corrected chi connectivity index (χ0v) is 19.8. The summed E-state index contributed by atoms with van der Waals surface area (Å²) >= 11 is 0. The third-order valence-corrected chi connectivity index (χ3v) is 7.02. The molecule has 1 saturated heterocycles. The van der Waals surface area contributed by atoms with E-state index in [0.717, 1.165) is 54.9 Å². The van der Waals surface area contributed by atoms with Crippen molar-refractivity contribution in [2.75, 3.05) is 26.2 Å². The van der Waals surface area contributed by atoms with Gasteiger partial charge in [-0.25, -0.2) is 4.98 Å². The molecule has 1 N–H and O–H groups in total. The van der Waals surface area contributed by atoms with E-state index in [1.807, 2.05) is 23.8 Å². The Hall–Kier alpha value is -2.97. The van der Waals surface area contributed by atoms with Crippen LogP contribution >= 0.6 is 0 Å². The van der Waals surface area contributed by atoms with Gasteiger partial charge in [0.1, 0.15) is 17.6 Å². The molecular weight excluding hydrogens is 432 g/mol. The number of esters is 1. The van der Waals surface area contributed by atoms with Crippen molar-refractivity contribution in [3.63, 3.8) is 0 Å². The van der Waals surface area contributed by atoms with Crippen molar-refractivity contribution in [1.29, 1.82) is 0 Å². The van der Waals surface area contributed by atoms with Crippen LogP contribution in [0.15, 0.2) is 47.2 Å². The van der Waals surface area contributed by atoms with Crippen LogP contribution in [0.1, 0.15) is 55.8 Å².